The number of fused-ring (bicyclic) bond motifs is 1. The van der Waals surface area contributed by atoms with Crippen LogP contribution in [0.5, 0.6) is 5.88 Å². The van der Waals surface area contributed by atoms with Gasteiger partial charge in [0.1, 0.15) is 5.52 Å². The van der Waals surface area contributed by atoms with E-state index >= 15 is 0 Å². The zero-order valence-corrected chi connectivity index (χ0v) is 30.5. The molecule has 3 aromatic heterocycles. The molecule has 270 valence electrons. The number of carbonyl (C=O) groups excluding carboxylic acids is 1. The second-order valence-corrected chi connectivity index (χ2v) is 13.6. The van der Waals surface area contributed by atoms with Crippen molar-refractivity contribution in [2.24, 2.45) is 11.8 Å². The molecular weight excluding hydrogens is 709 g/mol. The van der Waals surface area contributed by atoms with Gasteiger partial charge in [-0.05, 0) is 62.4 Å². The quantitative estimate of drug-likeness (QED) is 0.125. The SMILES string of the molecule is C=Cc1cnc2c(Nc3cccc(-c4cccc(-c5ccc(CN(C)CC6CCC(C(=O)OC)CC6)c(OC)n5)c4Cl)c3Cl)nc(C(F)F)nc2c1. The van der Waals surface area contributed by atoms with E-state index in [1.165, 1.54) is 7.11 Å². The number of aromatic nitrogens is 4. The number of halogens is 4. The first-order valence-corrected chi connectivity index (χ1v) is 17.6. The molecule has 1 aliphatic carbocycles. The van der Waals surface area contributed by atoms with Gasteiger partial charge in [0.2, 0.25) is 5.88 Å². The number of hydrogen-bond acceptors (Lipinski definition) is 9. The second kappa shape index (κ2) is 16.3. The summed E-state index contributed by atoms with van der Waals surface area (Å²) in [6, 6.07) is 16.5. The van der Waals surface area contributed by atoms with Gasteiger partial charge in [0.05, 0.1) is 47.1 Å². The van der Waals surface area contributed by atoms with Gasteiger partial charge in [0.15, 0.2) is 11.6 Å². The molecule has 2 aromatic carbocycles. The summed E-state index contributed by atoms with van der Waals surface area (Å²) in [6.07, 6.45) is 3.91. The number of nitrogens with one attached hydrogen (secondary N) is 1. The zero-order chi connectivity index (χ0) is 36.9. The van der Waals surface area contributed by atoms with Crippen molar-refractivity contribution in [3.63, 3.8) is 0 Å². The van der Waals surface area contributed by atoms with Crippen LogP contribution in [0.1, 0.15) is 49.1 Å². The van der Waals surface area contributed by atoms with Crippen LogP contribution in [0.2, 0.25) is 10.0 Å². The first-order chi connectivity index (χ1) is 25.1. The molecule has 1 N–H and O–H groups in total. The van der Waals surface area contributed by atoms with E-state index < -0.39 is 12.2 Å². The van der Waals surface area contributed by atoms with Gasteiger partial charge in [-0.2, -0.15) is 0 Å². The molecule has 9 nitrogen and oxygen atoms in total. The second-order valence-electron chi connectivity index (χ2n) is 12.8. The van der Waals surface area contributed by atoms with Gasteiger partial charge in [-0.3, -0.25) is 9.78 Å². The molecule has 1 fully saturated rings. The molecular formula is C39H38Cl2F2N6O3. The van der Waals surface area contributed by atoms with Crippen LogP contribution in [0, 0.1) is 11.8 Å². The number of rotatable bonds is 12. The number of pyridine rings is 2. The maximum Gasteiger partial charge on any atom is 0.308 e. The third-order valence-electron chi connectivity index (χ3n) is 9.35. The van der Waals surface area contributed by atoms with Crippen LogP contribution < -0.4 is 10.1 Å². The molecule has 6 rings (SSSR count). The maximum absolute atomic E-state index is 13.8. The molecule has 3 heterocycles. The van der Waals surface area contributed by atoms with Gasteiger partial charge in [0, 0.05) is 41.5 Å². The third-order valence-corrected chi connectivity index (χ3v) is 10.2. The average molecular weight is 748 g/mol. The van der Waals surface area contributed by atoms with Crippen molar-refractivity contribution in [1.82, 2.24) is 24.8 Å². The number of alkyl halides is 2. The lowest BCUT2D eigenvalue weighted by Gasteiger charge is -2.30. The van der Waals surface area contributed by atoms with E-state index in [1.54, 1.807) is 37.6 Å². The standard InChI is InChI=1S/C39H38Cl2F2N6O3/c1-5-22-18-31-34(44-19-22)36(48-37(46-31)35(42)43)45-30-11-7-9-27(33(30)41)26-8-6-10-28(32(26)40)29-17-16-25(38(47-29)51-3)21-49(2)20-23-12-14-24(15-13-23)39(50)52-4/h5-11,16-19,23-24,35H,1,12-15,20-21H2,2-4H3,(H,45,46,48). The molecule has 1 saturated carbocycles. The Labute approximate surface area is 311 Å². The summed E-state index contributed by atoms with van der Waals surface area (Å²) < 4.78 is 38.2. The first-order valence-electron chi connectivity index (χ1n) is 16.8. The van der Waals surface area contributed by atoms with Gasteiger partial charge in [-0.25, -0.2) is 23.7 Å². The Balaban J connectivity index is 1.23. The first kappa shape index (κ1) is 37.1. The summed E-state index contributed by atoms with van der Waals surface area (Å²) in [5, 5.41) is 3.82. The lowest BCUT2D eigenvalue weighted by molar-refractivity contribution is -0.146. The molecule has 52 heavy (non-hydrogen) atoms. The van der Waals surface area contributed by atoms with Crippen LogP contribution in [0.15, 0.2) is 67.4 Å². The van der Waals surface area contributed by atoms with E-state index in [9.17, 15) is 13.6 Å². The number of ether oxygens (including phenoxy) is 2. The molecule has 0 spiro atoms. The fourth-order valence-electron chi connectivity index (χ4n) is 6.71. The molecule has 1 aliphatic rings. The summed E-state index contributed by atoms with van der Waals surface area (Å²) >= 11 is 14.0. The number of benzene rings is 2. The number of nitrogens with zero attached hydrogens (tertiary/aromatic N) is 5. The Hall–Kier alpha value is -4.71. The summed E-state index contributed by atoms with van der Waals surface area (Å²) in [6.45, 7) is 5.26. The number of carbonyl (C=O) groups is 1. The molecule has 0 radical (unpaired) electrons. The molecule has 0 aliphatic heterocycles. The molecule has 0 saturated heterocycles. The molecule has 13 heteroatoms. The normalized spacial score (nSPS) is 15.9. The van der Waals surface area contributed by atoms with E-state index in [0.717, 1.165) is 37.8 Å². The highest BCUT2D eigenvalue weighted by Crippen LogP contribution is 2.42. The summed E-state index contributed by atoms with van der Waals surface area (Å²) in [5.74, 6) is 0.344. The van der Waals surface area contributed by atoms with E-state index in [-0.39, 0.29) is 23.2 Å². The lowest BCUT2D eigenvalue weighted by Crippen LogP contribution is -2.30. The van der Waals surface area contributed by atoms with Crippen LogP contribution in [-0.2, 0) is 16.1 Å². The van der Waals surface area contributed by atoms with Gasteiger partial charge in [0.25, 0.3) is 6.43 Å². The van der Waals surface area contributed by atoms with Gasteiger partial charge >= 0.3 is 5.97 Å². The molecule has 0 atom stereocenters. The molecule has 5 aromatic rings. The van der Waals surface area contributed by atoms with Crippen molar-refractivity contribution in [3.05, 3.63) is 94.4 Å². The molecule has 0 amide bonds. The van der Waals surface area contributed by atoms with Crippen LogP contribution in [-0.4, -0.2) is 58.6 Å². The van der Waals surface area contributed by atoms with Crippen LogP contribution in [0.4, 0.5) is 20.3 Å². The number of methoxy groups -OCH3 is 2. The van der Waals surface area contributed by atoms with Crippen molar-refractivity contribution >= 4 is 57.8 Å². The largest absolute Gasteiger partial charge is 0.481 e. The smallest absolute Gasteiger partial charge is 0.308 e. The van der Waals surface area contributed by atoms with Crippen molar-refractivity contribution in [1.29, 1.82) is 0 Å². The van der Waals surface area contributed by atoms with Crippen LogP contribution in [0.3, 0.4) is 0 Å². The predicted octanol–water partition coefficient (Wildman–Crippen LogP) is 9.80. The van der Waals surface area contributed by atoms with Crippen molar-refractivity contribution < 1.29 is 23.0 Å². The summed E-state index contributed by atoms with van der Waals surface area (Å²) in [5.41, 5.74) is 5.09. The maximum atomic E-state index is 13.8. The Morgan fingerprint density at radius 1 is 1.00 bits per heavy atom. The number of esters is 1. The third kappa shape index (κ3) is 8.01. The van der Waals surface area contributed by atoms with E-state index in [1.807, 2.05) is 36.4 Å². The van der Waals surface area contributed by atoms with Crippen LogP contribution >= 0.6 is 23.2 Å². The van der Waals surface area contributed by atoms with Gasteiger partial charge < -0.3 is 19.7 Å². The van der Waals surface area contributed by atoms with Crippen molar-refractivity contribution in [3.8, 4) is 28.3 Å². The van der Waals surface area contributed by atoms with E-state index in [4.69, 9.17) is 37.7 Å². The van der Waals surface area contributed by atoms with E-state index in [2.05, 4.69) is 38.8 Å². The van der Waals surface area contributed by atoms with Gasteiger partial charge in [-0.15, -0.1) is 0 Å². The fourth-order valence-corrected chi connectivity index (χ4v) is 7.31. The highest BCUT2D eigenvalue weighted by molar-refractivity contribution is 6.39. The van der Waals surface area contributed by atoms with Gasteiger partial charge in [-0.1, -0.05) is 72.3 Å². The Kier molecular flexibility index (Phi) is 11.6. The topological polar surface area (TPSA) is 102 Å². The van der Waals surface area contributed by atoms with E-state index in [0.29, 0.717) is 67.5 Å². The predicted molar refractivity (Wildman–Crippen MR) is 201 cm³/mol. The fraction of sp³-hybridized carbons (Fsp3) is 0.308. The highest BCUT2D eigenvalue weighted by atomic mass is 35.5. The average Bonchev–Trinajstić information content (AvgIpc) is 3.15. The number of anilines is 2. The van der Waals surface area contributed by atoms with Crippen LogP contribution in [0.25, 0.3) is 39.5 Å². The zero-order valence-electron chi connectivity index (χ0n) is 29.0. The Morgan fingerprint density at radius 3 is 2.40 bits per heavy atom. The monoisotopic (exact) mass is 746 g/mol. The summed E-state index contributed by atoms with van der Waals surface area (Å²) in [7, 11) is 5.12. The van der Waals surface area contributed by atoms with Crippen molar-refractivity contribution in [2.45, 2.75) is 38.7 Å². The minimum Gasteiger partial charge on any atom is -0.481 e. The highest BCUT2D eigenvalue weighted by Gasteiger charge is 2.28. The molecule has 0 unspecified atom stereocenters. The lowest BCUT2D eigenvalue weighted by atomic mass is 9.82. The van der Waals surface area contributed by atoms with Crippen molar-refractivity contribution in [2.75, 3.05) is 33.1 Å². The Bertz CT molecular complexity index is 2110. The minimum absolute atomic E-state index is 0.00292. The summed E-state index contributed by atoms with van der Waals surface area (Å²) in [4.78, 5) is 31.5. The number of hydrogen-bond donors (Lipinski definition) is 1. The Morgan fingerprint density at radius 2 is 1.71 bits per heavy atom. The molecule has 0 bridgehead atoms. The minimum atomic E-state index is -2.90.